The van der Waals surface area contributed by atoms with Crippen LogP contribution in [-0.4, -0.2) is 40.1 Å². The summed E-state index contributed by atoms with van der Waals surface area (Å²) in [6.45, 7) is 4.15. The Kier molecular flexibility index (Phi) is 5.68. The van der Waals surface area contributed by atoms with Crippen molar-refractivity contribution in [3.8, 4) is 5.75 Å². The average Bonchev–Trinajstić information content (AvgIpc) is 3.22. The van der Waals surface area contributed by atoms with Gasteiger partial charge in [-0.25, -0.2) is 4.98 Å². The van der Waals surface area contributed by atoms with Gasteiger partial charge in [0.1, 0.15) is 11.7 Å². The zero-order valence-electron chi connectivity index (χ0n) is 17.2. The first-order valence-electron chi connectivity index (χ1n) is 10.2. The number of rotatable bonds is 4. The van der Waals surface area contributed by atoms with Crippen LogP contribution in [0.4, 0.5) is 23.1 Å². The maximum Gasteiger partial charge on any atom is 0.249 e. The molecule has 0 radical (unpaired) electrons. The molecular weight excluding hydrogens is 425 g/mol. The summed E-state index contributed by atoms with van der Waals surface area (Å²) >= 11 is 12.1. The normalized spacial score (nSPS) is 19.5. The SMILES string of the molecule is CC(C)C1C(=O)N(C)c2cnc(Nc3cc(Cl)c(O)c(Cl)c3)nc2N1C1CCCC1. The molecule has 2 heterocycles. The Morgan fingerprint density at radius 3 is 2.43 bits per heavy atom. The molecule has 2 aromatic rings. The van der Waals surface area contributed by atoms with E-state index in [1.807, 2.05) is 0 Å². The number of hydrogen-bond donors (Lipinski definition) is 2. The summed E-state index contributed by atoms with van der Waals surface area (Å²) < 4.78 is 0. The molecule has 1 aromatic heterocycles. The van der Waals surface area contributed by atoms with Crippen LogP contribution in [0.5, 0.6) is 5.75 Å². The van der Waals surface area contributed by atoms with Crippen LogP contribution in [0, 0.1) is 5.92 Å². The average molecular weight is 450 g/mol. The van der Waals surface area contributed by atoms with E-state index in [0.717, 1.165) is 31.5 Å². The molecule has 7 nitrogen and oxygen atoms in total. The van der Waals surface area contributed by atoms with E-state index >= 15 is 0 Å². The molecule has 1 saturated carbocycles. The molecule has 1 aliphatic heterocycles. The number of benzene rings is 1. The Morgan fingerprint density at radius 1 is 1.20 bits per heavy atom. The van der Waals surface area contributed by atoms with Crippen molar-refractivity contribution in [2.75, 3.05) is 22.2 Å². The molecule has 1 unspecified atom stereocenters. The number of phenolic OH excluding ortho intramolecular Hbond substituents is 1. The van der Waals surface area contributed by atoms with Gasteiger partial charge in [-0.2, -0.15) is 4.98 Å². The van der Waals surface area contributed by atoms with Gasteiger partial charge in [0.2, 0.25) is 11.9 Å². The van der Waals surface area contributed by atoms with Crippen LogP contribution >= 0.6 is 23.2 Å². The highest BCUT2D eigenvalue weighted by atomic mass is 35.5. The fourth-order valence-electron chi connectivity index (χ4n) is 4.38. The van der Waals surface area contributed by atoms with E-state index in [1.54, 1.807) is 30.3 Å². The van der Waals surface area contributed by atoms with E-state index in [4.69, 9.17) is 28.2 Å². The lowest BCUT2D eigenvalue weighted by molar-refractivity contribution is -0.121. The second kappa shape index (κ2) is 8.12. The molecule has 30 heavy (non-hydrogen) atoms. The molecule has 160 valence electrons. The number of carbonyl (C=O) groups excluding carboxylic acids is 1. The van der Waals surface area contributed by atoms with Crippen molar-refractivity contribution in [2.45, 2.75) is 51.6 Å². The van der Waals surface area contributed by atoms with E-state index in [1.165, 1.54) is 0 Å². The summed E-state index contributed by atoms with van der Waals surface area (Å²) in [7, 11) is 1.78. The molecule has 0 bridgehead atoms. The van der Waals surface area contributed by atoms with E-state index in [2.05, 4.69) is 29.0 Å². The summed E-state index contributed by atoms with van der Waals surface area (Å²) in [6, 6.07) is 3.15. The Balaban J connectivity index is 1.75. The van der Waals surface area contributed by atoms with Crippen LogP contribution in [-0.2, 0) is 4.79 Å². The van der Waals surface area contributed by atoms with Gasteiger partial charge in [0.15, 0.2) is 11.6 Å². The molecule has 1 aliphatic carbocycles. The Labute approximate surface area is 186 Å². The van der Waals surface area contributed by atoms with Crippen molar-refractivity contribution in [1.82, 2.24) is 9.97 Å². The third kappa shape index (κ3) is 3.65. The molecule has 0 spiro atoms. The van der Waals surface area contributed by atoms with Crippen LogP contribution < -0.4 is 15.1 Å². The van der Waals surface area contributed by atoms with Gasteiger partial charge in [0, 0.05) is 18.8 Å². The number of fused-ring (bicyclic) bond motifs is 1. The maximum absolute atomic E-state index is 13.1. The van der Waals surface area contributed by atoms with Crippen LogP contribution in [0.25, 0.3) is 0 Å². The number of aromatic hydroxyl groups is 1. The fourth-order valence-corrected chi connectivity index (χ4v) is 4.86. The van der Waals surface area contributed by atoms with Crippen LogP contribution in [0.2, 0.25) is 10.0 Å². The standard InChI is InChI=1S/C21H25Cl2N5O2/c1-11(2)17-20(30)27(3)16-10-24-21(25-12-8-14(22)18(29)15(23)9-12)26-19(16)28(17)13-6-4-5-7-13/h8-11,13,17,29H,4-7H2,1-3H3,(H,24,25,26). The van der Waals surface area contributed by atoms with Crippen molar-refractivity contribution < 1.29 is 9.90 Å². The summed E-state index contributed by atoms with van der Waals surface area (Å²) in [5, 5.41) is 13.2. The van der Waals surface area contributed by atoms with Crippen molar-refractivity contribution in [2.24, 2.45) is 5.92 Å². The minimum absolute atomic E-state index is 0.0748. The van der Waals surface area contributed by atoms with Gasteiger partial charge < -0.3 is 20.2 Å². The number of nitrogens with zero attached hydrogens (tertiary/aromatic N) is 4. The Hall–Kier alpha value is -2.25. The second-order valence-corrected chi connectivity index (χ2v) is 9.06. The first-order chi connectivity index (χ1) is 14.3. The minimum atomic E-state index is -0.258. The van der Waals surface area contributed by atoms with Crippen molar-refractivity contribution >= 4 is 52.3 Å². The fraction of sp³-hybridized carbons (Fsp3) is 0.476. The van der Waals surface area contributed by atoms with Gasteiger partial charge in [-0.3, -0.25) is 4.79 Å². The zero-order valence-corrected chi connectivity index (χ0v) is 18.7. The van der Waals surface area contributed by atoms with Gasteiger partial charge in [-0.1, -0.05) is 49.9 Å². The summed E-state index contributed by atoms with van der Waals surface area (Å²) in [6.07, 6.45) is 6.09. The first kappa shape index (κ1) is 21.0. The topological polar surface area (TPSA) is 81.6 Å². The Bertz CT molecular complexity index is 955. The van der Waals surface area contributed by atoms with E-state index in [-0.39, 0.29) is 39.7 Å². The number of hydrogen-bond acceptors (Lipinski definition) is 6. The summed E-state index contributed by atoms with van der Waals surface area (Å²) in [5.41, 5.74) is 1.27. The van der Waals surface area contributed by atoms with E-state index in [9.17, 15) is 9.90 Å². The number of anilines is 4. The van der Waals surface area contributed by atoms with Gasteiger partial charge in [0.05, 0.1) is 16.2 Å². The van der Waals surface area contributed by atoms with Crippen LogP contribution in [0.1, 0.15) is 39.5 Å². The lowest BCUT2D eigenvalue weighted by Crippen LogP contribution is -2.58. The summed E-state index contributed by atoms with van der Waals surface area (Å²) in [5.74, 6) is 1.19. The lowest BCUT2D eigenvalue weighted by atomic mass is 9.96. The van der Waals surface area contributed by atoms with Gasteiger partial charge >= 0.3 is 0 Å². The number of likely N-dealkylation sites (N-methyl/N-ethyl adjacent to an activating group) is 1. The molecule has 9 heteroatoms. The molecule has 4 rings (SSSR count). The molecule has 1 fully saturated rings. The molecule has 1 amide bonds. The Morgan fingerprint density at radius 2 is 1.83 bits per heavy atom. The van der Waals surface area contributed by atoms with Gasteiger partial charge in [-0.05, 0) is 30.9 Å². The second-order valence-electron chi connectivity index (χ2n) is 8.25. The summed E-state index contributed by atoms with van der Waals surface area (Å²) in [4.78, 5) is 26.2. The van der Waals surface area contributed by atoms with Crippen molar-refractivity contribution in [3.05, 3.63) is 28.4 Å². The number of nitrogens with one attached hydrogen (secondary N) is 1. The number of halogens is 2. The number of carbonyl (C=O) groups is 1. The lowest BCUT2D eigenvalue weighted by Gasteiger charge is -2.45. The molecule has 2 aliphatic rings. The smallest absolute Gasteiger partial charge is 0.249 e. The number of phenols is 1. The third-order valence-corrected chi connectivity index (χ3v) is 6.44. The molecule has 0 saturated heterocycles. The highest BCUT2D eigenvalue weighted by Crippen LogP contribution is 2.41. The minimum Gasteiger partial charge on any atom is -0.505 e. The quantitative estimate of drug-likeness (QED) is 0.640. The first-order valence-corrected chi connectivity index (χ1v) is 10.9. The molecular formula is C21H25Cl2N5O2. The predicted octanol–water partition coefficient (Wildman–Crippen LogP) is 4.98. The van der Waals surface area contributed by atoms with Gasteiger partial charge in [0.25, 0.3) is 0 Å². The third-order valence-electron chi connectivity index (χ3n) is 5.86. The van der Waals surface area contributed by atoms with Gasteiger partial charge in [-0.15, -0.1) is 0 Å². The molecule has 2 N–H and O–H groups in total. The van der Waals surface area contributed by atoms with E-state index < -0.39 is 0 Å². The maximum atomic E-state index is 13.1. The largest absolute Gasteiger partial charge is 0.505 e. The predicted molar refractivity (Wildman–Crippen MR) is 120 cm³/mol. The highest BCUT2D eigenvalue weighted by molar-refractivity contribution is 6.37. The number of amides is 1. The van der Waals surface area contributed by atoms with Crippen LogP contribution in [0.3, 0.4) is 0 Å². The monoisotopic (exact) mass is 449 g/mol. The van der Waals surface area contributed by atoms with E-state index in [0.29, 0.717) is 17.3 Å². The molecule has 1 atom stereocenters. The van der Waals surface area contributed by atoms with Crippen molar-refractivity contribution in [3.63, 3.8) is 0 Å². The zero-order chi connectivity index (χ0) is 21.6. The highest BCUT2D eigenvalue weighted by Gasteiger charge is 2.43. The number of aromatic nitrogens is 2. The molecule has 1 aromatic carbocycles. The van der Waals surface area contributed by atoms with Crippen LogP contribution in [0.15, 0.2) is 18.3 Å². The van der Waals surface area contributed by atoms with Crippen molar-refractivity contribution in [1.29, 1.82) is 0 Å².